The summed E-state index contributed by atoms with van der Waals surface area (Å²) >= 11 is 5.95. The molecule has 0 amide bonds. The highest BCUT2D eigenvalue weighted by Crippen LogP contribution is 2.33. The van der Waals surface area contributed by atoms with Crippen molar-refractivity contribution in [3.8, 4) is 0 Å². The van der Waals surface area contributed by atoms with Gasteiger partial charge in [-0.05, 0) is 30.9 Å². The molecule has 1 fully saturated rings. The number of benzene rings is 1. The van der Waals surface area contributed by atoms with Crippen molar-refractivity contribution in [3.63, 3.8) is 0 Å². The molecule has 1 aliphatic carbocycles. The van der Waals surface area contributed by atoms with E-state index in [2.05, 4.69) is 5.32 Å². The highest BCUT2D eigenvalue weighted by Gasteiger charge is 2.43. The van der Waals surface area contributed by atoms with E-state index in [1.54, 1.807) is 6.07 Å². The zero-order chi connectivity index (χ0) is 14.0. The van der Waals surface area contributed by atoms with E-state index in [-0.39, 0.29) is 17.3 Å². The highest BCUT2D eigenvalue weighted by molar-refractivity contribution is 6.31. The third-order valence-electron chi connectivity index (χ3n) is 3.48. The van der Waals surface area contributed by atoms with Crippen molar-refractivity contribution in [2.24, 2.45) is 0 Å². The summed E-state index contributed by atoms with van der Waals surface area (Å²) in [5, 5.41) is 23.0. The number of hydrogen-bond acceptors (Lipinski definition) is 4. The Morgan fingerprint density at radius 2 is 2.21 bits per heavy atom. The van der Waals surface area contributed by atoms with Crippen LogP contribution in [0.5, 0.6) is 0 Å². The lowest BCUT2D eigenvalue weighted by molar-refractivity contribution is -0.384. The fourth-order valence-corrected chi connectivity index (χ4v) is 2.30. The van der Waals surface area contributed by atoms with E-state index in [4.69, 9.17) is 16.7 Å². The van der Waals surface area contributed by atoms with Crippen molar-refractivity contribution in [2.75, 3.05) is 0 Å². The molecule has 0 unspecified atom stereocenters. The Morgan fingerprint density at radius 1 is 1.53 bits per heavy atom. The smallest absolute Gasteiger partial charge is 0.323 e. The minimum atomic E-state index is -0.870. The molecule has 102 valence electrons. The van der Waals surface area contributed by atoms with Crippen LogP contribution in [0.3, 0.4) is 0 Å². The number of halogens is 1. The fourth-order valence-electron chi connectivity index (χ4n) is 2.05. The fraction of sp³-hybridized carbons (Fsp3) is 0.417. The van der Waals surface area contributed by atoms with Crippen molar-refractivity contribution < 1.29 is 14.8 Å². The molecule has 1 saturated carbocycles. The van der Waals surface area contributed by atoms with E-state index in [1.165, 1.54) is 12.1 Å². The highest BCUT2D eigenvalue weighted by atomic mass is 35.5. The molecular weight excluding hydrogens is 272 g/mol. The van der Waals surface area contributed by atoms with Crippen LogP contribution in [-0.2, 0) is 11.3 Å². The molecule has 2 rings (SSSR count). The van der Waals surface area contributed by atoms with Gasteiger partial charge in [-0.3, -0.25) is 20.2 Å². The quantitative estimate of drug-likeness (QED) is 0.639. The van der Waals surface area contributed by atoms with Gasteiger partial charge in [-0.15, -0.1) is 0 Å². The first-order chi connectivity index (χ1) is 8.94. The maximum atomic E-state index is 11.2. The summed E-state index contributed by atoms with van der Waals surface area (Å²) in [5.41, 5.74) is -0.296. The number of nitro groups is 1. The number of hydrogen-bond donors (Lipinski definition) is 2. The Hall–Kier alpha value is -1.66. The van der Waals surface area contributed by atoms with Crippen molar-refractivity contribution in [3.05, 3.63) is 38.9 Å². The molecule has 0 heterocycles. The summed E-state index contributed by atoms with van der Waals surface area (Å²) in [4.78, 5) is 21.2. The van der Waals surface area contributed by atoms with Gasteiger partial charge in [0, 0.05) is 18.7 Å². The van der Waals surface area contributed by atoms with Gasteiger partial charge in [0.1, 0.15) is 5.54 Å². The summed E-state index contributed by atoms with van der Waals surface area (Å²) in [5.74, 6) is -0.864. The molecule has 1 aromatic rings. The van der Waals surface area contributed by atoms with Crippen LogP contribution in [0.4, 0.5) is 5.69 Å². The minimum Gasteiger partial charge on any atom is -0.480 e. The standard InChI is InChI=1S/C12H13ClN2O4/c13-10-6-9(15(18)19)3-2-8(10)7-14-12(11(16)17)4-1-5-12/h2-3,6,14H,1,4-5,7H2,(H,16,17). The molecule has 7 heteroatoms. The minimum absolute atomic E-state index is 0.0784. The molecule has 0 aliphatic heterocycles. The van der Waals surface area contributed by atoms with E-state index in [1.807, 2.05) is 0 Å². The second-order valence-electron chi connectivity index (χ2n) is 4.63. The number of rotatable bonds is 5. The van der Waals surface area contributed by atoms with Crippen molar-refractivity contribution >= 4 is 23.3 Å². The molecule has 1 aromatic carbocycles. The van der Waals surface area contributed by atoms with E-state index in [0.29, 0.717) is 18.4 Å². The first-order valence-electron chi connectivity index (χ1n) is 5.86. The number of carbonyl (C=O) groups is 1. The monoisotopic (exact) mass is 284 g/mol. The molecular formula is C12H13ClN2O4. The van der Waals surface area contributed by atoms with Crippen LogP contribution in [0.2, 0.25) is 5.02 Å². The number of non-ortho nitro benzene ring substituents is 1. The first kappa shape index (κ1) is 13.8. The van der Waals surface area contributed by atoms with Crippen molar-refractivity contribution in [2.45, 2.75) is 31.3 Å². The molecule has 0 spiro atoms. The summed E-state index contributed by atoms with van der Waals surface area (Å²) in [6.45, 7) is 0.281. The molecule has 0 atom stereocenters. The van der Waals surface area contributed by atoms with Crippen LogP contribution in [0.1, 0.15) is 24.8 Å². The lowest BCUT2D eigenvalue weighted by Gasteiger charge is -2.38. The Bertz CT molecular complexity index is 528. The van der Waals surface area contributed by atoms with Gasteiger partial charge in [-0.25, -0.2) is 0 Å². The third kappa shape index (κ3) is 2.69. The van der Waals surface area contributed by atoms with Gasteiger partial charge in [-0.1, -0.05) is 11.6 Å². The number of carboxylic acid groups (broad SMARTS) is 1. The Morgan fingerprint density at radius 3 is 2.63 bits per heavy atom. The average molecular weight is 285 g/mol. The summed E-state index contributed by atoms with van der Waals surface area (Å²) in [6, 6.07) is 4.17. The van der Waals surface area contributed by atoms with Crippen LogP contribution in [0.25, 0.3) is 0 Å². The van der Waals surface area contributed by atoms with Gasteiger partial charge < -0.3 is 5.11 Å². The van der Waals surface area contributed by atoms with E-state index in [0.717, 1.165) is 6.42 Å². The maximum Gasteiger partial charge on any atom is 0.323 e. The SMILES string of the molecule is O=C(O)C1(NCc2ccc([N+](=O)[O-])cc2Cl)CCC1. The topological polar surface area (TPSA) is 92.5 Å². The van der Waals surface area contributed by atoms with E-state index >= 15 is 0 Å². The van der Waals surface area contributed by atoms with Gasteiger partial charge in [0.25, 0.3) is 5.69 Å². The van der Waals surface area contributed by atoms with Gasteiger partial charge in [-0.2, -0.15) is 0 Å². The van der Waals surface area contributed by atoms with Crippen molar-refractivity contribution in [1.29, 1.82) is 0 Å². The Kier molecular flexibility index (Phi) is 3.73. The predicted octanol–water partition coefficient (Wildman–Crippen LogP) is 2.35. The number of nitro benzene ring substituents is 1. The normalized spacial score (nSPS) is 16.7. The number of nitrogens with one attached hydrogen (secondary N) is 1. The Labute approximate surface area is 114 Å². The molecule has 6 nitrogen and oxygen atoms in total. The lowest BCUT2D eigenvalue weighted by atomic mass is 9.76. The Balaban J connectivity index is 2.08. The third-order valence-corrected chi connectivity index (χ3v) is 3.83. The van der Waals surface area contributed by atoms with Gasteiger partial charge in [0.05, 0.1) is 9.95 Å². The van der Waals surface area contributed by atoms with Crippen LogP contribution in [0, 0.1) is 10.1 Å². The number of carboxylic acids is 1. The van der Waals surface area contributed by atoms with Crippen LogP contribution >= 0.6 is 11.6 Å². The zero-order valence-corrected chi connectivity index (χ0v) is 10.8. The van der Waals surface area contributed by atoms with Crippen LogP contribution in [-0.4, -0.2) is 21.5 Å². The molecule has 0 aromatic heterocycles. The number of aliphatic carboxylic acids is 1. The molecule has 0 bridgehead atoms. The largest absolute Gasteiger partial charge is 0.480 e. The zero-order valence-electron chi connectivity index (χ0n) is 10.1. The molecule has 19 heavy (non-hydrogen) atoms. The van der Waals surface area contributed by atoms with Gasteiger partial charge >= 0.3 is 5.97 Å². The van der Waals surface area contributed by atoms with Crippen LogP contribution in [0.15, 0.2) is 18.2 Å². The van der Waals surface area contributed by atoms with Crippen LogP contribution < -0.4 is 5.32 Å². The molecule has 0 radical (unpaired) electrons. The molecule has 2 N–H and O–H groups in total. The number of nitrogens with zero attached hydrogens (tertiary/aromatic N) is 1. The van der Waals surface area contributed by atoms with Gasteiger partial charge in [0.15, 0.2) is 0 Å². The van der Waals surface area contributed by atoms with Crippen molar-refractivity contribution in [1.82, 2.24) is 5.32 Å². The summed E-state index contributed by atoms with van der Waals surface area (Å²) in [7, 11) is 0. The van der Waals surface area contributed by atoms with E-state index in [9.17, 15) is 14.9 Å². The van der Waals surface area contributed by atoms with Gasteiger partial charge in [0.2, 0.25) is 0 Å². The van der Waals surface area contributed by atoms with E-state index < -0.39 is 16.4 Å². The summed E-state index contributed by atoms with van der Waals surface area (Å²) < 4.78 is 0. The predicted molar refractivity (Wildman–Crippen MR) is 69.2 cm³/mol. The lowest BCUT2D eigenvalue weighted by Crippen LogP contribution is -2.56. The second-order valence-corrected chi connectivity index (χ2v) is 5.03. The average Bonchev–Trinajstić information content (AvgIpc) is 2.28. The second kappa shape index (κ2) is 5.14. The molecule has 1 aliphatic rings. The molecule has 0 saturated heterocycles. The first-order valence-corrected chi connectivity index (χ1v) is 6.24. The summed E-state index contributed by atoms with van der Waals surface area (Å²) in [6.07, 6.45) is 2.06. The maximum absolute atomic E-state index is 11.2.